The van der Waals surface area contributed by atoms with Gasteiger partial charge in [-0.1, -0.05) is 18.2 Å². The molecule has 1 atom stereocenters. The number of aliphatic carboxylic acids is 1. The Balaban J connectivity index is 2.27. The molecular weight excluding hydrogens is 280 g/mol. The molecule has 2 aromatic rings. The van der Waals surface area contributed by atoms with E-state index in [9.17, 15) is 13.2 Å². The third-order valence-corrected chi connectivity index (χ3v) is 4.50. The summed E-state index contributed by atoms with van der Waals surface area (Å²) in [7, 11) is -3.56. The second-order valence-corrected chi connectivity index (χ2v) is 6.52. The van der Waals surface area contributed by atoms with Crippen LogP contribution in [0.15, 0.2) is 30.5 Å². The van der Waals surface area contributed by atoms with E-state index in [1.165, 1.54) is 6.92 Å². The van der Waals surface area contributed by atoms with Crippen molar-refractivity contribution in [3.8, 4) is 0 Å². The van der Waals surface area contributed by atoms with Gasteiger partial charge in [-0.2, -0.15) is 0 Å². The van der Waals surface area contributed by atoms with Gasteiger partial charge in [-0.25, -0.2) is 13.1 Å². The first kappa shape index (κ1) is 14.5. The van der Waals surface area contributed by atoms with Crippen molar-refractivity contribution >= 4 is 26.9 Å². The molecule has 0 fully saturated rings. The summed E-state index contributed by atoms with van der Waals surface area (Å²) >= 11 is 0. The summed E-state index contributed by atoms with van der Waals surface area (Å²) in [5.41, 5.74) is 1.66. The number of carboxylic acids is 1. The molecule has 0 aliphatic rings. The Bertz CT molecular complexity index is 721. The minimum Gasteiger partial charge on any atom is -0.480 e. The summed E-state index contributed by atoms with van der Waals surface area (Å²) in [5.74, 6) is -1.34. The van der Waals surface area contributed by atoms with E-state index < -0.39 is 22.0 Å². The van der Waals surface area contributed by atoms with Crippen molar-refractivity contribution in [3.05, 3.63) is 36.0 Å². The summed E-state index contributed by atoms with van der Waals surface area (Å²) in [6, 6.07) is 6.31. The highest BCUT2D eigenvalue weighted by Gasteiger charge is 2.24. The van der Waals surface area contributed by atoms with E-state index in [2.05, 4.69) is 9.71 Å². The molecule has 0 bridgehead atoms. The summed E-state index contributed by atoms with van der Waals surface area (Å²) in [5, 5.41) is 10.1. The Kier molecular flexibility index (Phi) is 4.10. The number of benzene rings is 1. The zero-order valence-corrected chi connectivity index (χ0v) is 11.8. The standard InChI is InChI=1S/C13H16N2O4S/c1-2-20(18,19)15-12(13(16)17)7-9-8-14-11-6-4-3-5-10(9)11/h3-6,8,12,14-15H,2,7H2,1H3,(H,16,17)/t12-/m0/s1. The molecule has 1 aromatic heterocycles. The van der Waals surface area contributed by atoms with Crippen molar-refractivity contribution in [2.75, 3.05) is 5.75 Å². The molecule has 7 heteroatoms. The zero-order valence-electron chi connectivity index (χ0n) is 11.0. The molecule has 0 radical (unpaired) electrons. The van der Waals surface area contributed by atoms with Crippen LogP contribution in [-0.4, -0.2) is 36.3 Å². The highest BCUT2D eigenvalue weighted by Crippen LogP contribution is 2.19. The van der Waals surface area contributed by atoms with Crippen LogP contribution in [0.3, 0.4) is 0 Å². The first-order chi connectivity index (χ1) is 9.43. The lowest BCUT2D eigenvalue weighted by Crippen LogP contribution is -2.42. The first-order valence-corrected chi connectivity index (χ1v) is 7.86. The summed E-state index contributed by atoms with van der Waals surface area (Å²) < 4.78 is 25.3. The van der Waals surface area contributed by atoms with Gasteiger partial charge in [0, 0.05) is 23.5 Å². The van der Waals surface area contributed by atoms with E-state index >= 15 is 0 Å². The van der Waals surface area contributed by atoms with Gasteiger partial charge in [0.25, 0.3) is 0 Å². The average molecular weight is 296 g/mol. The van der Waals surface area contributed by atoms with Crippen molar-refractivity contribution < 1.29 is 18.3 Å². The molecule has 1 aromatic carbocycles. The predicted molar refractivity (Wildman–Crippen MR) is 76.0 cm³/mol. The normalized spacial score (nSPS) is 13.4. The second kappa shape index (κ2) is 5.64. The molecule has 108 valence electrons. The fraction of sp³-hybridized carbons (Fsp3) is 0.308. The number of carbonyl (C=O) groups is 1. The number of fused-ring (bicyclic) bond motifs is 1. The lowest BCUT2D eigenvalue weighted by Gasteiger charge is -2.13. The fourth-order valence-electron chi connectivity index (χ4n) is 2.00. The fourth-order valence-corrected chi connectivity index (χ4v) is 2.78. The van der Waals surface area contributed by atoms with E-state index in [1.54, 1.807) is 6.20 Å². The van der Waals surface area contributed by atoms with Crippen LogP contribution in [0.25, 0.3) is 10.9 Å². The van der Waals surface area contributed by atoms with Crippen LogP contribution in [0, 0.1) is 0 Å². The maximum atomic E-state index is 11.5. The highest BCUT2D eigenvalue weighted by atomic mass is 32.2. The van der Waals surface area contributed by atoms with Crippen molar-refractivity contribution in [2.24, 2.45) is 0 Å². The Morgan fingerprint density at radius 2 is 2.10 bits per heavy atom. The number of sulfonamides is 1. The molecule has 0 saturated heterocycles. The van der Waals surface area contributed by atoms with Crippen molar-refractivity contribution in [3.63, 3.8) is 0 Å². The van der Waals surface area contributed by atoms with Gasteiger partial charge in [0.15, 0.2) is 0 Å². The number of hydrogen-bond acceptors (Lipinski definition) is 3. The molecule has 0 aliphatic carbocycles. The SMILES string of the molecule is CCS(=O)(=O)N[C@@H](Cc1c[nH]c2ccccc12)C(=O)O. The summed E-state index contributed by atoms with van der Waals surface area (Å²) in [4.78, 5) is 14.3. The Morgan fingerprint density at radius 1 is 1.40 bits per heavy atom. The van der Waals surface area contributed by atoms with Gasteiger partial charge in [-0.05, 0) is 18.6 Å². The number of aromatic nitrogens is 1. The second-order valence-electron chi connectivity index (χ2n) is 4.48. The third-order valence-electron chi connectivity index (χ3n) is 3.10. The number of aromatic amines is 1. The Hall–Kier alpha value is -1.86. The van der Waals surface area contributed by atoms with Gasteiger partial charge in [-0.3, -0.25) is 4.79 Å². The molecule has 20 heavy (non-hydrogen) atoms. The number of hydrogen-bond donors (Lipinski definition) is 3. The van der Waals surface area contributed by atoms with Crippen LogP contribution in [0.5, 0.6) is 0 Å². The largest absolute Gasteiger partial charge is 0.480 e. The molecule has 6 nitrogen and oxygen atoms in total. The molecule has 3 N–H and O–H groups in total. The number of carboxylic acid groups (broad SMARTS) is 1. The Labute approximate surface area is 116 Å². The highest BCUT2D eigenvalue weighted by molar-refractivity contribution is 7.89. The van der Waals surface area contributed by atoms with Crippen LogP contribution in [-0.2, 0) is 21.2 Å². The van der Waals surface area contributed by atoms with E-state index in [1.807, 2.05) is 24.3 Å². The van der Waals surface area contributed by atoms with Gasteiger partial charge in [0.1, 0.15) is 6.04 Å². The van der Waals surface area contributed by atoms with Gasteiger partial charge >= 0.3 is 5.97 Å². The lowest BCUT2D eigenvalue weighted by molar-refractivity contribution is -0.138. The number of para-hydroxylation sites is 1. The lowest BCUT2D eigenvalue weighted by atomic mass is 10.1. The maximum Gasteiger partial charge on any atom is 0.322 e. The van der Waals surface area contributed by atoms with Crippen molar-refractivity contribution in [1.82, 2.24) is 9.71 Å². The monoisotopic (exact) mass is 296 g/mol. The molecule has 0 unspecified atom stereocenters. The molecule has 0 aliphatic heterocycles. The van der Waals surface area contributed by atoms with Gasteiger partial charge in [0.2, 0.25) is 10.0 Å². The number of nitrogens with one attached hydrogen (secondary N) is 2. The van der Waals surface area contributed by atoms with Crippen molar-refractivity contribution in [2.45, 2.75) is 19.4 Å². The topological polar surface area (TPSA) is 99.3 Å². The van der Waals surface area contributed by atoms with Crippen LogP contribution in [0.4, 0.5) is 0 Å². The van der Waals surface area contributed by atoms with E-state index in [0.29, 0.717) is 0 Å². The summed E-state index contributed by atoms with van der Waals surface area (Å²) in [6.45, 7) is 1.47. The van der Waals surface area contributed by atoms with Crippen LogP contribution in [0.2, 0.25) is 0 Å². The van der Waals surface area contributed by atoms with Crippen LogP contribution in [0.1, 0.15) is 12.5 Å². The van der Waals surface area contributed by atoms with Crippen LogP contribution >= 0.6 is 0 Å². The van der Waals surface area contributed by atoms with E-state index in [0.717, 1.165) is 16.5 Å². The van der Waals surface area contributed by atoms with Gasteiger partial charge in [-0.15, -0.1) is 0 Å². The molecule has 0 amide bonds. The molecule has 2 rings (SSSR count). The molecule has 0 spiro atoms. The molecular formula is C13H16N2O4S. The average Bonchev–Trinajstić information content (AvgIpc) is 2.81. The van der Waals surface area contributed by atoms with E-state index in [4.69, 9.17) is 5.11 Å². The predicted octanol–water partition coefficient (Wildman–Crippen LogP) is 1.10. The van der Waals surface area contributed by atoms with Gasteiger partial charge in [0.05, 0.1) is 5.75 Å². The first-order valence-electron chi connectivity index (χ1n) is 6.20. The quantitative estimate of drug-likeness (QED) is 0.743. The zero-order chi connectivity index (χ0) is 14.8. The smallest absolute Gasteiger partial charge is 0.322 e. The third kappa shape index (κ3) is 3.17. The van der Waals surface area contributed by atoms with Gasteiger partial charge < -0.3 is 10.1 Å². The Morgan fingerprint density at radius 3 is 2.75 bits per heavy atom. The maximum absolute atomic E-state index is 11.5. The van der Waals surface area contributed by atoms with E-state index in [-0.39, 0.29) is 12.2 Å². The molecule has 0 saturated carbocycles. The van der Waals surface area contributed by atoms with Crippen LogP contribution < -0.4 is 4.72 Å². The summed E-state index contributed by atoms with van der Waals surface area (Å²) in [6.07, 6.45) is 1.80. The number of rotatable bonds is 6. The van der Waals surface area contributed by atoms with Crippen molar-refractivity contribution in [1.29, 1.82) is 0 Å². The minimum absolute atomic E-state index is 0.0958. The number of H-pyrrole nitrogens is 1. The molecule has 1 heterocycles. The minimum atomic E-state index is -3.56.